The fourth-order valence-corrected chi connectivity index (χ4v) is 5.71. The summed E-state index contributed by atoms with van der Waals surface area (Å²) in [6.45, 7) is 0.0494. The lowest BCUT2D eigenvalue weighted by Crippen LogP contribution is -2.15. The summed E-state index contributed by atoms with van der Waals surface area (Å²) in [6.07, 6.45) is 1.99. The largest absolute Gasteiger partial charge is 0.489 e. The summed E-state index contributed by atoms with van der Waals surface area (Å²) in [5.74, 6) is -0.273. The lowest BCUT2D eigenvalue weighted by Gasteiger charge is -2.25. The zero-order valence-electron chi connectivity index (χ0n) is 18.9. The fourth-order valence-electron chi connectivity index (χ4n) is 5.71. The Bertz CT molecular complexity index is 1210. The number of hydrogen-bond donors (Lipinski definition) is 2. The number of carboxylic acids is 1. The van der Waals surface area contributed by atoms with Crippen LogP contribution in [0.1, 0.15) is 84.7 Å². The van der Waals surface area contributed by atoms with Crippen LogP contribution in [-0.4, -0.2) is 16.1 Å². The number of benzene rings is 2. The van der Waals surface area contributed by atoms with Gasteiger partial charge in [0.2, 0.25) is 0 Å². The van der Waals surface area contributed by atoms with Crippen LogP contribution in [0.5, 0.6) is 5.75 Å². The molecule has 2 aliphatic rings. The number of alkyl halides is 3. The number of rotatable bonds is 6. The Hall–Kier alpha value is -2.96. The van der Waals surface area contributed by atoms with Crippen molar-refractivity contribution in [2.45, 2.75) is 76.0 Å². The first kappa shape index (κ1) is 22.8. The van der Waals surface area contributed by atoms with Crippen molar-refractivity contribution < 1.29 is 27.8 Å². The van der Waals surface area contributed by atoms with Gasteiger partial charge in [-0.2, -0.15) is 13.2 Å². The van der Waals surface area contributed by atoms with Gasteiger partial charge < -0.3 is 14.8 Å². The van der Waals surface area contributed by atoms with E-state index in [1.807, 2.05) is 12.1 Å². The van der Waals surface area contributed by atoms with E-state index in [0.717, 1.165) is 67.1 Å². The summed E-state index contributed by atoms with van der Waals surface area (Å²) < 4.78 is 47.4. The van der Waals surface area contributed by atoms with E-state index >= 15 is 0 Å². The highest BCUT2D eigenvalue weighted by Gasteiger charge is 2.36. The Morgan fingerprint density at radius 3 is 2.59 bits per heavy atom. The van der Waals surface area contributed by atoms with E-state index in [2.05, 4.69) is 4.98 Å². The molecule has 34 heavy (non-hydrogen) atoms. The van der Waals surface area contributed by atoms with Gasteiger partial charge in [0.1, 0.15) is 12.4 Å². The van der Waals surface area contributed by atoms with Gasteiger partial charge >= 0.3 is 12.1 Å². The maximum Gasteiger partial charge on any atom is 0.416 e. The number of ether oxygens (including phenoxy) is 1. The standard InChI is InChI=1S/C27H28F3NO3/c28-27(29,30)23-12-16(6-9-20(23)17-4-2-1-3-5-17)15-34-19-8-11-24-22(14-19)21-10-7-18(13-25(32)33)26(21)31-24/h6,8-9,11-12,14,17-18,31H,1-5,7,10,13,15H2,(H,32,33)/t18-/m1/s1. The Morgan fingerprint density at radius 2 is 1.85 bits per heavy atom. The van der Waals surface area contributed by atoms with Gasteiger partial charge in [-0.3, -0.25) is 4.79 Å². The molecule has 2 N–H and O–H groups in total. The molecule has 180 valence electrons. The minimum atomic E-state index is -4.39. The van der Waals surface area contributed by atoms with Gasteiger partial charge in [-0.1, -0.05) is 31.4 Å². The van der Waals surface area contributed by atoms with Crippen LogP contribution in [0.4, 0.5) is 13.2 Å². The summed E-state index contributed by atoms with van der Waals surface area (Å²) in [5, 5.41) is 10.1. The third kappa shape index (κ3) is 4.52. The molecule has 1 heterocycles. The number of aliphatic carboxylic acids is 1. The quantitative estimate of drug-likeness (QED) is 0.396. The first-order valence-electron chi connectivity index (χ1n) is 12.0. The molecule has 0 aliphatic heterocycles. The van der Waals surface area contributed by atoms with E-state index in [1.165, 1.54) is 6.07 Å². The topological polar surface area (TPSA) is 62.3 Å². The maximum atomic E-state index is 13.8. The van der Waals surface area contributed by atoms with Crippen LogP contribution in [0.15, 0.2) is 36.4 Å². The lowest BCUT2D eigenvalue weighted by atomic mass is 9.81. The molecule has 1 saturated carbocycles. The van der Waals surface area contributed by atoms with Crippen LogP contribution < -0.4 is 4.74 Å². The molecule has 5 rings (SSSR count). The number of aryl methyl sites for hydroxylation is 1. The number of aromatic nitrogens is 1. The van der Waals surface area contributed by atoms with Crippen molar-refractivity contribution in [1.82, 2.24) is 4.98 Å². The average Bonchev–Trinajstić information content (AvgIpc) is 3.37. The second-order valence-corrected chi connectivity index (χ2v) is 9.60. The monoisotopic (exact) mass is 471 g/mol. The smallest absolute Gasteiger partial charge is 0.416 e. The molecule has 2 aromatic carbocycles. The van der Waals surface area contributed by atoms with Crippen LogP contribution in [0.2, 0.25) is 0 Å². The van der Waals surface area contributed by atoms with Crippen molar-refractivity contribution in [2.75, 3.05) is 0 Å². The van der Waals surface area contributed by atoms with Gasteiger partial charge in [0.15, 0.2) is 0 Å². The number of H-pyrrole nitrogens is 1. The highest BCUT2D eigenvalue weighted by Crippen LogP contribution is 2.42. The predicted octanol–water partition coefficient (Wildman–Crippen LogP) is 7.32. The van der Waals surface area contributed by atoms with Gasteiger partial charge in [-0.05, 0) is 72.6 Å². The van der Waals surface area contributed by atoms with Gasteiger partial charge in [-0.15, -0.1) is 0 Å². The summed E-state index contributed by atoms with van der Waals surface area (Å²) in [5.41, 5.74) is 3.38. The van der Waals surface area contributed by atoms with E-state index < -0.39 is 17.7 Å². The zero-order valence-corrected chi connectivity index (χ0v) is 18.9. The zero-order chi connectivity index (χ0) is 23.9. The molecule has 0 saturated heterocycles. The first-order valence-corrected chi connectivity index (χ1v) is 12.0. The first-order chi connectivity index (χ1) is 16.3. The maximum absolute atomic E-state index is 13.8. The van der Waals surface area contributed by atoms with Gasteiger partial charge in [0, 0.05) is 22.5 Å². The molecule has 1 atom stereocenters. The Kier molecular flexibility index (Phi) is 6.04. The third-order valence-electron chi connectivity index (χ3n) is 7.36. The lowest BCUT2D eigenvalue weighted by molar-refractivity contribution is -0.139. The molecule has 0 bridgehead atoms. The second-order valence-electron chi connectivity index (χ2n) is 9.60. The normalized spacial score (nSPS) is 18.9. The number of carboxylic acid groups (broad SMARTS) is 1. The Balaban J connectivity index is 1.35. The van der Waals surface area contributed by atoms with Crippen molar-refractivity contribution in [2.24, 2.45) is 0 Å². The summed E-state index contributed by atoms with van der Waals surface area (Å²) >= 11 is 0. The van der Waals surface area contributed by atoms with E-state index in [-0.39, 0.29) is 24.9 Å². The number of aromatic amines is 1. The highest BCUT2D eigenvalue weighted by atomic mass is 19.4. The van der Waals surface area contributed by atoms with Crippen LogP contribution in [0.3, 0.4) is 0 Å². The molecule has 0 unspecified atom stereocenters. The minimum absolute atomic E-state index is 0.0206. The van der Waals surface area contributed by atoms with E-state index in [1.54, 1.807) is 18.2 Å². The van der Waals surface area contributed by atoms with Crippen LogP contribution in [0.25, 0.3) is 10.9 Å². The SMILES string of the molecule is O=C(O)C[C@H]1CCc2c1[nH]c1ccc(OCc3ccc(C4CCCCC4)c(C(F)(F)F)c3)cc21. The number of halogens is 3. The molecule has 1 fully saturated rings. The molecule has 2 aliphatic carbocycles. The molecular formula is C27H28F3NO3. The van der Waals surface area contributed by atoms with E-state index in [9.17, 15) is 18.0 Å². The third-order valence-corrected chi connectivity index (χ3v) is 7.36. The van der Waals surface area contributed by atoms with E-state index in [4.69, 9.17) is 9.84 Å². The Morgan fingerprint density at radius 1 is 1.06 bits per heavy atom. The van der Waals surface area contributed by atoms with Gasteiger partial charge in [0.25, 0.3) is 0 Å². The molecule has 7 heteroatoms. The average molecular weight is 472 g/mol. The molecule has 0 radical (unpaired) electrons. The number of nitrogens with one attached hydrogen (secondary N) is 1. The molecular weight excluding hydrogens is 443 g/mol. The van der Waals surface area contributed by atoms with Gasteiger partial charge in [0.05, 0.1) is 12.0 Å². The van der Waals surface area contributed by atoms with Crippen LogP contribution in [0, 0.1) is 0 Å². The van der Waals surface area contributed by atoms with Gasteiger partial charge in [-0.25, -0.2) is 0 Å². The van der Waals surface area contributed by atoms with Crippen LogP contribution >= 0.6 is 0 Å². The van der Waals surface area contributed by atoms with Crippen LogP contribution in [-0.2, 0) is 24.0 Å². The summed E-state index contributed by atoms with van der Waals surface area (Å²) in [7, 11) is 0. The predicted molar refractivity (Wildman–Crippen MR) is 123 cm³/mol. The van der Waals surface area contributed by atoms with E-state index in [0.29, 0.717) is 16.9 Å². The molecule has 0 amide bonds. The minimum Gasteiger partial charge on any atom is -0.489 e. The second kappa shape index (κ2) is 9.01. The fraction of sp³-hybridized carbons (Fsp3) is 0.444. The van der Waals surface area contributed by atoms with Crippen molar-refractivity contribution in [3.8, 4) is 5.75 Å². The Labute approximate surface area is 196 Å². The van der Waals surface area contributed by atoms with Crippen molar-refractivity contribution in [1.29, 1.82) is 0 Å². The van der Waals surface area contributed by atoms with Crippen molar-refractivity contribution in [3.05, 3.63) is 64.3 Å². The number of hydrogen-bond acceptors (Lipinski definition) is 2. The molecule has 4 nitrogen and oxygen atoms in total. The molecule has 0 spiro atoms. The number of carbonyl (C=O) groups is 1. The molecule has 1 aromatic heterocycles. The molecule has 3 aromatic rings. The summed E-state index contributed by atoms with van der Waals surface area (Å²) in [6, 6.07) is 10.2. The van der Waals surface area contributed by atoms with Crippen molar-refractivity contribution >= 4 is 16.9 Å². The summed E-state index contributed by atoms with van der Waals surface area (Å²) in [4.78, 5) is 14.5. The highest BCUT2D eigenvalue weighted by molar-refractivity contribution is 5.87. The van der Waals surface area contributed by atoms with Crippen molar-refractivity contribution in [3.63, 3.8) is 0 Å². The number of fused-ring (bicyclic) bond motifs is 3.